The Kier molecular flexibility index (Phi) is 5.65. The van der Waals surface area contributed by atoms with Gasteiger partial charge in [-0.05, 0) is 30.2 Å². The molecule has 1 N–H and O–H groups in total. The number of carbonyl (C=O) groups is 1. The molecule has 0 aliphatic carbocycles. The van der Waals surface area contributed by atoms with Crippen molar-refractivity contribution in [2.45, 2.75) is 13.5 Å². The first kappa shape index (κ1) is 18.9. The summed E-state index contributed by atoms with van der Waals surface area (Å²) < 4.78 is 0. The van der Waals surface area contributed by atoms with Crippen LogP contribution in [0.2, 0.25) is 0 Å². The molecule has 7 nitrogen and oxygen atoms in total. The summed E-state index contributed by atoms with van der Waals surface area (Å²) in [5, 5.41) is 3.37. The fraction of sp³-hybridized carbons (Fsp3) is 0.273. The normalized spacial score (nSPS) is 14.0. The van der Waals surface area contributed by atoms with Crippen molar-refractivity contribution in [3.63, 3.8) is 0 Å². The van der Waals surface area contributed by atoms with Crippen LogP contribution in [0.1, 0.15) is 21.5 Å². The molecule has 1 amide bonds. The van der Waals surface area contributed by atoms with Crippen molar-refractivity contribution < 1.29 is 4.79 Å². The van der Waals surface area contributed by atoms with Gasteiger partial charge in [-0.15, -0.1) is 0 Å². The van der Waals surface area contributed by atoms with Crippen molar-refractivity contribution in [2.24, 2.45) is 0 Å². The molecule has 1 aliphatic rings. The van der Waals surface area contributed by atoms with E-state index in [1.165, 1.54) is 11.1 Å². The number of nitrogens with zero attached hydrogens (tertiary/aromatic N) is 5. The molecule has 0 atom stereocenters. The number of pyridine rings is 1. The second-order valence-electron chi connectivity index (χ2n) is 7.07. The summed E-state index contributed by atoms with van der Waals surface area (Å²) in [6.45, 7) is 5.50. The molecule has 29 heavy (non-hydrogen) atoms. The second-order valence-corrected chi connectivity index (χ2v) is 7.07. The van der Waals surface area contributed by atoms with Crippen LogP contribution in [0.15, 0.2) is 61.2 Å². The second kappa shape index (κ2) is 8.68. The Labute approximate surface area is 170 Å². The van der Waals surface area contributed by atoms with Crippen LogP contribution in [0, 0.1) is 6.92 Å². The van der Waals surface area contributed by atoms with Gasteiger partial charge in [0.1, 0.15) is 0 Å². The van der Waals surface area contributed by atoms with Gasteiger partial charge in [-0.25, -0.2) is 9.97 Å². The van der Waals surface area contributed by atoms with Crippen LogP contribution in [-0.2, 0) is 6.54 Å². The van der Waals surface area contributed by atoms with Crippen LogP contribution in [0.5, 0.6) is 0 Å². The average Bonchev–Trinajstić information content (AvgIpc) is 2.79. The Balaban J connectivity index is 1.37. The Morgan fingerprint density at radius 3 is 2.55 bits per heavy atom. The third-order valence-corrected chi connectivity index (χ3v) is 5.13. The van der Waals surface area contributed by atoms with E-state index < -0.39 is 0 Å². The first-order valence-corrected chi connectivity index (χ1v) is 9.75. The lowest BCUT2D eigenvalue weighted by Crippen LogP contribution is -2.49. The summed E-state index contributed by atoms with van der Waals surface area (Å²) in [5.74, 6) is 0.717. The molecule has 3 aromatic rings. The molecule has 0 unspecified atom stereocenters. The number of hydrogen-bond acceptors (Lipinski definition) is 6. The number of benzene rings is 1. The monoisotopic (exact) mass is 388 g/mol. The minimum atomic E-state index is 0.00525. The highest BCUT2D eigenvalue weighted by Crippen LogP contribution is 2.16. The topological polar surface area (TPSA) is 74.2 Å². The standard InChI is InChI=1S/C22H24N6O/c1-17-5-2-3-6-18(17)15-26-20-13-19(14-23-16-20)21(29)27-9-11-28(12-10-27)22-24-7-4-8-25-22/h2-8,13-14,16,26H,9-12,15H2,1H3. The smallest absolute Gasteiger partial charge is 0.255 e. The Hall–Kier alpha value is -3.48. The summed E-state index contributed by atoms with van der Waals surface area (Å²) in [6.07, 6.45) is 6.86. The zero-order valence-electron chi connectivity index (χ0n) is 16.5. The van der Waals surface area contributed by atoms with Crippen molar-refractivity contribution in [1.82, 2.24) is 19.9 Å². The van der Waals surface area contributed by atoms with Crippen molar-refractivity contribution in [3.8, 4) is 0 Å². The molecular weight excluding hydrogens is 364 g/mol. The molecule has 1 saturated heterocycles. The van der Waals surface area contributed by atoms with E-state index >= 15 is 0 Å². The highest BCUT2D eigenvalue weighted by Gasteiger charge is 2.23. The zero-order valence-corrected chi connectivity index (χ0v) is 16.5. The maximum absolute atomic E-state index is 12.9. The number of carbonyl (C=O) groups excluding carboxylic acids is 1. The fourth-order valence-corrected chi connectivity index (χ4v) is 3.41. The lowest BCUT2D eigenvalue weighted by Gasteiger charge is -2.34. The van der Waals surface area contributed by atoms with E-state index in [0.717, 1.165) is 5.69 Å². The predicted molar refractivity (Wildman–Crippen MR) is 113 cm³/mol. The molecule has 1 aromatic carbocycles. The van der Waals surface area contributed by atoms with Gasteiger partial charge < -0.3 is 15.1 Å². The van der Waals surface area contributed by atoms with E-state index in [1.807, 2.05) is 23.1 Å². The third kappa shape index (κ3) is 4.51. The lowest BCUT2D eigenvalue weighted by molar-refractivity contribution is 0.0746. The number of anilines is 2. The molecule has 0 radical (unpaired) electrons. The van der Waals surface area contributed by atoms with E-state index in [1.54, 1.807) is 30.9 Å². The minimum absolute atomic E-state index is 0.00525. The summed E-state index contributed by atoms with van der Waals surface area (Å²) in [4.78, 5) is 29.7. The number of nitrogens with one attached hydrogen (secondary N) is 1. The van der Waals surface area contributed by atoms with E-state index in [9.17, 15) is 4.79 Å². The largest absolute Gasteiger partial charge is 0.380 e. The van der Waals surface area contributed by atoms with Crippen LogP contribution in [0.4, 0.5) is 11.6 Å². The molecule has 0 bridgehead atoms. The van der Waals surface area contributed by atoms with Crippen LogP contribution in [0.3, 0.4) is 0 Å². The van der Waals surface area contributed by atoms with Gasteiger partial charge in [0.25, 0.3) is 5.91 Å². The van der Waals surface area contributed by atoms with Gasteiger partial charge in [0.15, 0.2) is 0 Å². The number of rotatable bonds is 5. The quantitative estimate of drug-likeness (QED) is 0.724. The molecule has 3 heterocycles. The third-order valence-electron chi connectivity index (χ3n) is 5.13. The number of amides is 1. The van der Waals surface area contributed by atoms with Crippen molar-refractivity contribution in [2.75, 3.05) is 36.4 Å². The highest BCUT2D eigenvalue weighted by atomic mass is 16.2. The lowest BCUT2D eigenvalue weighted by atomic mass is 10.1. The predicted octanol–water partition coefficient (Wildman–Crippen LogP) is 2.75. The van der Waals surface area contributed by atoms with E-state index in [0.29, 0.717) is 44.2 Å². The van der Waals surface area contributed by atoms with Crippen LogP contribution in [-0.4, -0.2) is 51.9 Å². The average molecular weight is 388 g/mol. The Bertz CT molecular complexity index is 970. The van der Waals surface area contributed by atoms with Gasteiger partial charge in [0.2, 0.25) is 5.95 Å². The summed E-state index contributed by atoms with van der Waals surface area (Å²) in [6, 6.07) is 11.9. The van der Waals surface area contributed by atoms with Crippen LogP contribution < -0.4 is 10.2 Å². The Morgan fingerprint density at radius 2 is 1.79 bits per heavy atom. The summed E-state index contributed by atoms with van der Waals surface area (Å²) >= 11 is 0. The molecule has 1 fully saturated rings. The molecule has 0 saturated carbocycles. The SMILES string of the molecule is Cc1ccccc1CNc1cncc(C(=O)N2CCN(c3ncccn3)CC2)c1. The van der Waals surface area contributed by atoms with Gasteiger partial charge in [-0.2, -0.15) is 0 Å². The first-order valence-electron chi connectivity index (χ1n) is 9.75. The number of piperazine rings is 1. The molecule has 2 aromatic heterocycles. The number of aryl methyl sites for hydroxylation is 1. The van der Waals surface area contributed by atoms with E-state index in [-0.39, 0.29) is 5.91 Å². The molecular formula is C22H24N6O. The Morgan fingerprint density at radius 1 is 1.03 bits per heavy atom. The van der Waals surface area contributed by atoms with Crippen molar-refractivity contribution in [3.05, 3.63) is 77.9 Å². The fourth-order valence-electron chi connectivity index (χ4n) is 3.41. The van der Waals surface area contributed by atoms with Gasteiger partial charge >= 0.3 is 0 Å². The van der Waals surface area contributed by atoms with E-state index in [2.05, 4.69) is 44.2 Å². The minimum Gasteiger partial charge on any atom is -0.380 e. The molecule has 7 heteroatoms. The van der Waals surface area contributed by atoms with Crippen molar-refractivity contribution in [1.29, 1.82) is 0 Å². The summed E-state index contributed by atoms with van der Waals surface area (Å²) in [5.41, 5.74) is 3.91. The maximum Gasteiger partial charge on any atom is 0.255 e. The molecule has 4 rings (SSSR count). The van der Waals surface area contributed by atoms with Gasteiger partial charge in [0.05, 0.1) is 11.3 Å². The summed E-state index contributed by atoms with van der Waals surface area (Å²) in [7, 11) is 0. The van der Waals surface area contributed by atoms with Crippen LogP contribution >= 0.6 is 0 Å². The number of hydrogen-bond donors (Lipinski definition) is 1. The molecule has 1 aliphatic heterocycles. The van der Waals surface area contributed by atoms with Crippen molar-refractivity contribution >= 4 is 17.5 Å². The van der Waals surface area contributed by atoms with E-state index in [4.69, 9.17) is 0 Å². The number of aromatic nitrogens is 3. The van der Waals surface area contributed by atoms with Crippen LogP contribution in [0.25, 0.3) is 0 Å². The highest BCUT2D eigenvalue weighted by molar-refractivity contribution is 5.94. The first-order chi connectivity index (χ1) is 14.2. The zero-order chi connectivity index (χ0) is 20.1. The van der Waals surface area contributed by atoms with Gasteiger partial charge in [0, 0.05) is 57.5 Å². The molecule has 0 spiro atoms. The van der Waals surface area contributed by atoms with Gasteiger partial charge in [-0.3, -0.25) is 9.78 Å². The van der Waals surface area contributed by atoms with Gasteiger partial charge in [-0.1, -0.05) is 24.3 Å². The maximum atomic E-state index is 12.9. The molecule has 148 valence electrons.